The van der Waals surface area contributed by atoms with E-state index in [1.165, 1.54) is 225 Å². The van der Waals surface area contributed by atoms with Crippen molar-refractivity contribution >= 4 is 17.9 Å². The Morgan fingerprint density at radius 1 is 0.297 bits per heavy atom. The Labute approximate surface area is 399 Å². The summed E-state index contributed by atoms with van der Waals surface area (Å²) in [5, 5.41) is 0. The van der Waals surface area contributed by atoms with Crippen LogP contribution in [0.1, 0.15) is 329 Å². The monoisotopic (exact) mass is 905 g/mol. The number of ether oxygens (including phenoxy) is 3. The van der Waals surface area contributed by atoms with Crippen molar-refractivity contribution in [3.63, 3.8) is 0 Å². The first kappa shape index (κ1) is 62.4. The highest BCUT2D eigenvalue weighted by molar-refractivity contribution is 5.71. The fourth-order valence-corrected chi connectivity index (χ4v) is 8.92. The van der Waals surface area contributed by atoms with Gasteiger partial charge in [-0.25, -0.2) is 0 Å². The maximum absolute atomic E-state index is 12.8. The molecule has 0 spiro atoms. The molecule has 0 aromatic rings. The van der Waals surface area contributed by atoms with Crippen LogP contribution < -0.4 is 0 Å². The van der Waals surface area contributed by atoms with Gasteiger partial charge in [0.05, 0.1) is 0 Å². The van der Waals surface area contributed by atoms with Gasteiger partial charge in [0, 0.05) is 19.3 Å². The van der Waals surface area contributed by atoms with Gasteiger partial charge in [-0.3, -0.25) is 14.4 Å². The lowest BCUT2D eigenvalue weighted by molar-refractivity contribution is -0.167. The van der Waals surface area contributed by atoms with Crippen LogP contribution in [0.15, 0.2) is 0 Å². The van der Waals surface area contributed by atoms with E-state index in [0.717, 1.165) is 63.7 Å². The van der Waals surface area contributed by atoms with Crippen molar-refractivity contribution in [2.24, 2.45) is 5.92 Å². The van der Waals surface area contributed by atoms with Gasteiger partial charge in [0.2, 0.25) is 0 Å². The van der Waals surface area contributed by atoms with Crippen molar-refractivity contribution in [3.8, 4) is 0 Å². The van der Waals surface area contributed by atoms with E-state index in [1.807, 2.05) is 0 Å². The molecule has 6 nitrogen and oxygen atoms in total. The minimum Gasteiger partial charge on any atom is -0.462 e. The van der Waals surface area contributed by atoms with Gasteiger partial charge in [-0.1, -0.05) is 291 Å². The lowest BCUT2D eigenvalue weighted by Gasteiger charge is -2.18. The molecule has 380 valence electrons. The zero-order valence-electron chi connectivity index (χ0n) is 43.8. The number of rotatable bonds is 53. The van der Waals surface area contributed by atoms with Crippen molar-refractivity contribution in [2.75, 3.05) is 13.2 Å². The van der Waals surface area contributed by atoms with Crippen molar-refractivity contribution in [2.45, 2.75) is 336 Å². The smallest absolute Gasteiger partial charge is 0.306 e. The number of carbonyl (C=O) groups is 3. The zero-order valence-corrected chi connectivity index (χ0v) is 43.8. The Bertz CT molecular complexity index is 964. The maximum Gasteiger partial charge on any atom is 0.306 e. The first-order valence-electron chi connectivity index (χ1n) is 28.9. The van der Waals surface area contributed by atoms with E-state index < -0.39 is 6.10 Å². The molecular weight excluding hydrogens is 793 g/mol. The summed E-state index contributed by atoms with van der Waals surface area (Å²) in [5.41, 5.74) is 0. The normalized spacial score (nSPS) is 12.0. The molecule has 0 fully saturated rings. The van der Waals surface area contributed by atoms with Gasteiger partial charge in [0.15, 0.2) is 6.10 Å². The molecule has 0 N–H and O–H groups in total. The highest BCUT2D eigenvalue weighted by atomic mass is 16.6. The predicted octanol–water partition coefficient (Wildman–Crippen LogP) is 19.0. The number of carbonyl (C=O) groups excluding carboxylic acids is 3. The van der Waals surface area contributed by atoms with Crippen LogP contribution in [0.25, 0.3) is 0 Å². The van der Waals surface area contributed by atoms with E-state index in [1.54, 1.807) is 0 Å². The molecule has 0 aliphatic carbocycles. The summed E-state index contributed by atoms with van der Waals surface area (Å²) in [6.07, 6.45) is 56.7. The topological polar surface area (TPSA) is 78.9 Å². The highest BCUT2D eigenvalue weighted by Crippen LogP contribution is 2.18. The SMILES string of the molecule is CCCCCCCCCCCCCCCCCCCCCC(=O)O[C@@H](COC(=O)CCCCCCCCCCCCCCCCCC)COC(=O)CCCCCCCCCCC(C)C. The molecule has 0 radical (unpaired) electrons. The molecule has 0 aromatic heterocycles. The molecule has 6 heteroatoms. The van der Waals surface area contributed by atoms with Crippen LogP contribution >= 0.6 is 0 Å². The molecule has 0 bridgehead atoms. The third-order valence-electron chi connectivity index (χ3n) is 13.3. The van der Waals surface area contributed by atoms with Gasteiger partial charge < -0.3 is 14.2 Å². The van der Waals surface area contributed by atoms with Crippen molar-refractivity contribution in [1.82, 2.24) is 0 Å². The quantitative estimate of drug-likeness (QED) is 0.0344. The fourth-order valence-electron chi connectivity index (χ4n) is 8.92. The number of unbranched alkanes of at least 4 members (excludes halogenated alkanes) is 40. The van der Waals surface area contributed by atoms with Crippen LogP contribution in [0, 0.1) is 5.92 Å². The van der Waals surface area contributed by atoms with Gasteiger partial charge in [-0.15, -0.1) is 0 Å². The third-order valence-corrected chi connectivity index (χ3v) is 13.3. The average molecular weight is 906 g/mol. The van der Waals surface area contributed by atoms with E-state index in [9.17, 15) is 14.4 Å². The molecule has 1 atom stereocenters. The molecule has 0 saturated heterocycles. The van der Waals surface area contributed by atoms with E-state index in [4.69, 9.17) is 14.2 Å². The van der Waals surface area contributed by atoms with Gasteiger partial charge in [-0.2, -0.15) is 0 Å². The molecule has 0 saturated carbocycles. The summed E-state index contributed by atoms with van der Waals surface area (Å²) >= 11 is 0. The van der Waals surface area contributed by atoms with Gasteiger partial charge in [-0.05, 0) is 25.2 Å². The Kier molecular flexibility index (Phi) is 51.1. The predicted molar refractivity (Wildman–Crippen MR) is 275 cm³/mol. The molecule has 0 aromatic carbocycles. The molecule has 0 aliphatic heterocycles. The summed E-state index contributed by atoms with van der Waals surface area (Å²) in [7, 11) is 0. The van der Waals surface area contributed by atoms with E-state index in [0.29, 0.717) is 19.3 Å². The standard InChI is InChI=1S/C58H112O6/c1-5-7-9-11-13-15-17-19-21-23-24-25-27-29-31-33-39-43-47-51-58(61)64-55(53-63-57(60)50-46-42-38-35-34-36-40-44-48-54(3)4)52-62-56(59)49-45-41-37-32-30-28-26-22-20-18-16-14-12-10-8-6-2/h54-55H,5-53H2,1-4H3/t55-/m0/s1. The fraction of sp³-hybridized carbons (Fsp3) is 0.948. The van der Waals surface area contributed by atoms with Crippen LogP contribution in [0.3, 0.4) is 0 Å². The van der Waals surface area contributed by atoms with Crippen LogP contribution in [0.2, 0.25) is 0 Å². The summed E-state index contributed by atoms with van der Waals surface area (Å²) in [5.74, 6) is -0.0423. The van der Waals surface area contributed by atoms with Crippen LogP contribution in [-0.4, -0.2) is 37.2 Å². The minimum atomic E-state index is -0.762. The second-order valence-corrected chi connectivity index (χ2v) is 20.4. The Morgan fingerprint density at radius 2 is 0.516 bits per heavy atom. The average Bonchev–Trinajstić information content (AvgIpc) is 3.28. The summed E-state index contributed by atoms with van der Waals surface area (Å²) in [6.45, 7) is 9.02. The highest BCUT2D eigenvalue weighted by Gasteiger charge is 2.19. The van der Waals surface area contributed by atoms with Crippen molar-refractivity contribution < 1.29 is 28.6 Å². The molecule has 0 unspecified atom stereocenters. The van der Waals surface area contributed by atoms with Crippen molar-refractivity contribution in [1.29, 1.82) is 0 Å². The molecule has 0 rings (SSSR count). The van der Waals surface area contributed by atoms with Gasteiger partial charge >= 0.3 is 17.9 Å². The van der Waals surface area contributed by atoms with Crippen LogP contribution in [0.5, 0.6) is 0 Å². The molecule has 0 aliphatic rings. The molecular formula is C58H112O6. The lowest BCUT2D eigenvalue weighted by atomic mass is 10.0. The minimum absolute atomic E-state index is 0.0624. The van der Waals surface area contributed by atoms with Gasteiger partial charge in [0.1, 0.15) is 13.2 Å². The first-order valence-corrected chi connectivity index (χ1v) is 28.9. The first-order chi connectivity index (χ1) is 31.4. The third kappa shape index (κ3) is 51.4. The largest absolute Gasteiger partial charge is 0.462 e. The van der Waals surface area contributed by atoms with E-state index >= 15 is 0 Å². The van der Waals surface area contributed by atoms with E-state index in [2.05, 4.69) is 27.7 Å². The second-order valence-electron chi connectivity index (χ2n) is 20.4. The summed E-state index contributed by atoms with van der Waals surface area (Å²) in [4.78, 5) is 38.1. The number of hydrogen-bond donors (Lipinski definition) is 0. The number of hydrogen-bond acceptors (Lipinski definition) is 6. The summed E-state index contributed by atoms with van der Waals surface area (Å²) < 4.78 is 16.9. The Hall–Kier alpha value is -1.59. The Morgan fingerprint density at radius 3 is 0.766 bits per heavy atom. The van der Waals surface area contributed by atoms with Gasteiger partial charge in [0.25, 0.3) is 0 Å². The molecule has 64 heavy (non-hydrogen) atoms. The molecule has 0 amide bonds. The summed E-state index contributed by atoms with van der Waals surface area (Å²) in [6, 6.07) is 0. The Balaban J connectivity index is 4.25. The zero-order chi connectivity index (χ0) is 46.7. The lowest BCUT2D eigenvalue weighted by Crippen LogP contribution is -2.30. The van der Waals surface area contributed by atoms with Crippen LogP contribution in [-0.2, 0) is 28.6 Å². The van der Waals surface area contributed by atoms with Crippen molar-refractivity contribution in [3.05, 3.63) is 0 Å². The number of esters is 3. The van der Waals surface area contributed by atoms with E-state index in [-0.39, 0.29) is 31.1 Å². The molecule has 0 heterocycles. The maximum atomic E-state index is 12.8. The van der Waals surface area contributed by atoms with Crippen LogP contribution in [0.4, 0.5) is 0 Å². The second kappa shape index (κ2) is 52.4.